The van der Waals surface area contributed by atoms with Crippen LogP contribution in [0.15, 0.2) is 24.3 Å². The van der Waals surface area contributed by atoms with Gasteiger partial charge in [0.2, 0.25) is 0 Å². The van der Waals surface area contributed by atoms with Crippen LogP contribution in [0.1, 0.15) is 46.4 Å². The topological polar surface area (TPSA) is 63.7 Å². The van der Waals surface area contributed by atoms with Crippen molar-refractivity contribution in [2.24, 2.45) is 11.8 Å². The van der Waals surface area contributed by atoms with E-state index < -0.39 is 35.8 Å². The fourth-order valence-corrected chi connectivity index (χ4v) is 3.12. The molecule has 1 aliphatic carbocycles. The molecule has 0 saturated heterocycles. The van der Waals surface area contributed by atoms with E-state index in [9.17, 15) is 27.6 Å². The lowest BCUT2D eigenvalue weighted by Crippen LogP contribution is -2.38. The highest BCUT2D eigenvalue weighted by molar-refractivity contribution is 6.20. The van der Waals surface area contributed by atoms with E-state index in [2.05, 4.69) is 0 Å². The van der Waals surface area contributed by atoms with Gasteiger partial charge in [0.15, 0.2) is 0 Å². The van der Waals surface area contributed by atoms with Crippen molar-refractivity contribution in [2.75, 3.05) is 0 Å². The quantitative estimate of drug-likeness (QED) is 0.776. The third kappa shape index (κ3) is 2.88. The number of nitrogens with zero attached hydrogens (tertiary/aromatic N) is 1. The number of amides is 2. The average Bonchev–Trinajstić information content (AvgIpc) is 2.80. The van der Waals surface area contributed by atoms with Crippen LogP contribution in [0.3, 0.4) is 0 Å². The highest BCUT2D eigenvalue weighted by Gasteiger charge is 2.45. The molecule has 2 aliphatic rings. The fraction of sp³-hybridized carbons (Fsp3) is 0.438. The Kier molecular flexibility index (Phi) is 4.06. The smallest absolute Gasteiger partial charge is 0.329 e. The standard InChI is InChI=1S/C16H14F3NO4/c17-16(18,19)10-5-3-4-9(8-10)15(23)24-20-13(21)11-6-1-2-7-12(11)14(20)22/h1-2,6-7,9-10H,3-5,8H2. The van der Waals surface area contributed by atoms with Crippen molar-refractivity contribution in [3.05, 3.63) is 35.4 Å². The van der Waals surface area contributed by atoms with Crippen molar-refractivity contribution in [1.82, 2.24) is 5.06 Å². The first-order valence-electron chi connectivity index (χ1n) is 7.55. The van der Waals surface area contributed by atoms with Gasteiger partial charge >= 0.3 is 12.1 Å². The summed E-state index contributed by atoms with van der Waals surface area (Å²) in [4.78, 5) is 41.2. The van der Waals surface area contributed by atoms with Crippen molar-refractivity contribution < 1.29 is 32.4 Å². The van der Waals surface area contributed by atoms with Crippen molar-refractivity contribution in [2.45, 2.75) is 31.9 Å². The molecule has 2 amide bonds. The molecule has 0 aromatic heterocycles. The van der Waals surface area contributed by atoms with Gasteiger partial charge in [0, 0.05) is 0 Å². The van der Waals surface area contributed by atoms with Gasteiger partial charge in [-0.25, -0.2) is 4.79 Å². The number of hydrogen-bond donors (Lipinski definition) is 0. The number of alkyl halides is 3. The number of halogens is 3. The summed E-state index contributed by atoms with van der Waals surface area (Å²) in [6.45, 7) is 0. The molecule has 2 unspecified atom stereocenters. The fourth-order valence-electron chi connectivity index (χ4n) is 3.12. The predicted molar refractivity (Wildman–Crippen MR) is 74.5 cm³/mol. The van der Waals surface area contributed by atoms with Gasteiger partial charge in [0.25, 0.3) is 11.8 Å². The summed E-state index contributed by atoms with van der Waals surface area (Å²) >= 11 is 0. The van der Waals surface area contributed by atoms with Crippen LogP contribution in [-0.2, 0) is 9.63 Å². The van der Waals surface area contributed by atoms with E-state index >= 15 is 0 Å². The van der Waals surface area contributed by atoms with Gasteiger partial charge in [0.05, 0.1) is 23.0 Å². The van der Waals surface area contributed by atoms with E-state index in [1.54, 1.807) is 12.1 Å². The third-order valence-corrected chi connectivity index (χ3v) is 4.41. The Balaban J connectivity index is 1.70. The maximum atomic E-state index is 12.8. The minimum Gasteiger partial charge on any atom is -0.329 e. The maximum absolute atomic E-state index is 12.8. The molecule has 1 heterocycles. The third-order valence-electron chi connectivity index (χ3n) is 4.41. The highest BCUT2D eigenvalue weighted by atomic mass is 19.4. The molecule has 24 heavy (non-hydrogen) atoms. The van der Waals surface area contributed by atoms with Gasteiger partial charge in [-0.1, -0.05) is 23.6 Å². The van der Waals surface area contributed by atoms with E-state index in [0.717, 1.165) is 0 Å². The summed E-state index contributed by atoms with van der Waals surface area (Å²) in [5.41, 5.74) is 0.208. The molecule has 0 radical (unpaired) electrons. The Morgan fingerprint density at radius 2 is 1.67 bits per heavy atom. The Hall–Kier alpha value is -2.38. The summed E-state index contributed by atoms with van der Waals surface area (Å²) in [5, 5.41) is 0.338. The first kappa shape index (κ1) is 16.5. The van der Waals surface area contributed by atoms with Crippen LogP contribution in [0.4, 0.5) is 13.2 Å². The van der Waals surface area contributed by atoms with E-state index in [1.807, 2.05) is 0 Å². The molecular weight excluding hydrogens is 327 g/mol. The molecule has 128 valence electrons. The first-order valence-corrected chi connectivity index (χ1v) is 7.55. The van der Waals surface area contributed by atoms with Crippen LogP contribution in [0, 0.1) is 11.8 Å². The van der Waals surface area contributed by atoms with E-state index in [4.69, 9.17) is 4.84 Å². The van der Waals surface area contributed by atoms with Gasteiger partial charge in [-0.3, -0.25) is 9.59 Å². The van der Waals surface area contributed by atoms with Crippen LogP contribution in [0.25, 0.3) is 0 Å². The SMILES string of the molecule is O=C(ON1C(=O)c2ccccc2C1=O)C1CCCC(C(F)(F)F)C1. The molecule has 2 atom stereocenters. The minimum absolute atomic E-state index is 0.0275. The monoisotopic (exact) mass is 341 g/mol. The minimum atomic E-state index is -4.37. The second kappa shape index (κ2) is 5.92. The number of hydroxylamine groups is 2. The molecule has 1 fully saturated rings. The summed E-state index contributed by atoms with van der Waals surface area (Å²) in [6.07, 6.45) is -4.29. The van der Waals surface area contributed by atoms with Crippen molar-refractivity contribution in [3.63, 3.8) is 0 Å². The average molecular weight is 341 g/mol. The van der Waals surface area contributed by atoms with E-state index in [0.29, 0.717) is 5.06 Å². The summed E-state index contributed by atoms with van der Waals surface area (Å²) in [6, 6.07) is 5.96. The number of hydrogen-bond acceptors (Lipinski definition) is 4. The molecule has 1 aromatic rings. The Bertz CT molecular complexity index is 666. The zero-order chi connectivity index (χ0) is 17.5. The molecule has 1 aromatic carbocycles. The zero-order valence-corrected chi connectivity index (χ0v) is 12.5. The van der Waals surface area contributed by atoms with Crippen LogP contribution >= 0.6 is 0 Å². The zero-order valence-electron chi connectivity index (χ0n) is 12.5. The van der Waals surface area contributed by atoms with Crippen molar-refractivity contribution >= 4 is 17.8 Å². The molecule has 8 heteroatoms. The molecule has 1 saturated carbocycles. The lowest BCUT2D eigenvalue weighted by molar-refractivity contribution is -0.195. The molecular formula is C16H14F3NO4. The Labute approximate surface area is 135 Å². The van der Waals surface area contributed by atoms with Crippen LogP contribution in [0.5, 0.6) is 0 Å². The largest absolute Gasteiger partial charge is 0.391 e. The molecule has 1 aliphatic heterocycles. The molecule has 0 N–H and O–H groups in total. The molecule has 0 bridgehead atoms. The number of rotatable bonds is 2. The number of carbonyl (C=O) groups excluding carboxylic acids is 3. The number of benzene rings is 1. The lowest BCUT2D eigenvalue weighted by Gasteiger charge is -2.29. The predicted octanol–water partition coefficient (Wildman–Crippen LogP) is 3.11. The summed E-state index contributed by atoms with van der Waals surface area (Å²) in [7, 11) is 0. The number of imide groups is 1. The number of carbonyl (C=O) groups is 3. The van der Waals surface area contributed by atoms with Crippen molar-refractivity contribution in [3.8, 4) is 0 Å². The summed E-state index contributed by atoms with van der Waals surface area (Å²) < 4.78 is 38.4. The Morgan fingerprint density at radius 1 is 1.08 bits per heavy atom. The second-order valence-corrected chi connectivity index (χ2v) is 5.96. The second-order valence-electron chi connectivity index (χ2n) is 5.96. The van der Waals surface area contributed by atoms with E-state index in [-0.39, 0.29) is 36.8 Å². The molecule has 0 spiro atoms. The van der Waals surface area contributed by atoms with Crippen LogP contribution in [0.2, 0.25) is 0 Å². The van der Waals surface area contributed by atoms with Gasteiger partial charge in [-0.2, -0.15) is 13.2 Å². The van der Waals surface area contributed by atoms with Gasteiger partial charge in [-0.05, 0) is 31.4 Å². The highest BCUT2D eigenvalue weighted by Crippen LogP contribution is 2.40. The maximum Gasteiger partial charge on any atom is 0.391 e. The van der Waals surface area contributed by atoms with Gasteiger partial charge in [0.1, 0.15) is 0 Å². The first-order chi connectivity index (χ1) is 11.3. The summed E-state index contributed by atoms with van der Waals surface area (Å²) in [5.74, 6) is -5.08. The van der Waals surface area contributed by atoms with Crippen molar-refractivity contribution in [1.29, 1.82) is 0 Å². The van der Waals surface area contributed by atoms with Crippen LogP contribution in [-0.4, -0.2) is 29.0 Å². The van der Waals surface area contributed by atoms with E-state index in [1.165, 1.54) is 12.1 Å². The Morgan fingerprint density at radius 3 is 2.21 bits per heavy atom. The number of fused-ring (bicyclic) bond motifs is 1. The molecule has 3 rings (SSSR count). The molecule has 5 nitrogen and oxygen atoms in total. The van der Waals surface area contributed by atoms with Crippen LogP contribution < -0.4 is 0 Å². The van der Waals surface area contributed by atoms with Gasteiger partial charge in [-0.15, -0.1) is 0 Å². The van der Waals surface area contributed by atoms with Gasteiger partial charge < -0.3 is 4.84 Å². The normalized spacial score (nSPS) is 24.0. The lowest BCUT2D eigenvalue weighted by atomic mass is 9.81.